The minimum atomic E-state index is -0.435. The fourth-order valence-corrected chi connectivity index (χ4v) is 5.22. The highest BCUT2D eigenvalue weighted by molar-refractivity contribution is 6.11. The number of nitrogens with one attached hydrogen (secondary N) is 1. The van der Waals surface area contributed by atoms with Crippen LogP contribution in [0.5, 0.6) is 0 Å². The molecule has 0 radical (unpaired) electrons. The zero-order valence-electron chi connectivity index (χ0n) is 18.3. The van der Waals surface area contributed by atoms with Crippen molar-refractivity contribution < 1.29 is 4.79 Å². The number of aromatic nitrogens is 3. The van der Waals surface area contributed by atoms with Gasteiger partial charge in [-0.3, -0.25) is 4.79 Å². The van der Waals surface area contributed by atoms with Crippen LogP contribution >= 0.6 is 0 Å². The third kappa shape index (κ3) is 2.77. The van der Waals surface area contributed by atoms with Crippen LogP contribution in [0.15, 0.2) is 79.3 Å². The van der Waals surface area contributed by atoms with Gasteiger partial charge in [0.25, 0.3) is 0 Å². The van der Waals surface area contributed by atoms with Crippen molar-refractivity contribution in [3.05, 3.63) is 84.8 Å². The molecule has 0 bridgehead atoms. The van der Waals surface area contributed by atoms with Crippen LogP contribution in [0, 0.1) is 0 Å². The van der Waals surface area contributed by atoms with E-state index in [1.54, 1.807) is 6.07 Å². The fourth-order valence-electron chi connectivity index (χ4n) is 5.22. The van der Waals surface area contributed by atoms with Gasteiger partial charge in [0.2, 0.25) is 5.91 Å². The molecule has 0 aliphatic carbocycles. The molecule has 7 heteroatoms. The lowest BCUT2D eigenvalue weighted by Crippen LogP contribution is -2.78. The molecule has 2 unspecified atom stereocenters. The summed E-state index contributed by atoms with van der Waals surface area (Å²) in [6.07, 6.45) is 5.73. The molecule has 166 valence electrons. The summed E-state index contributed by atoms with van der Waals surface area (Å²) in [6, 6.07) is 21.5. The van der Waals surface area contributed by atoms with Crippen LogP contribution in [0.2, 0.25) is 0 Å². The quantitative estimate of drug-likeness (QED) is 0.441. The summed E-state index contributed by atoms with van der Waals surface area (Å²) in [5.41, 5.74) is 12.1. The van der Waals surface area contributed by atoms with Gasteiger partial charge in [-0.1, -0.05) is 42.5 Å². The number of carbonyl (C=O) groups is 1. The minimum absolute atomic E-state index is 0.435. The van der Waals surface area contributed by atoms with Crippen molar-refractivity contribution in [2.75, 3.05) is 18.0 Å². The summed E-state index contributed by atoms with van der Waals surface area (Å²) in [6.45, 7) is 2.16. The number of nitrogens with zero attached hydrogens (tertiary/aromatic N) is 4. The van der Waals surface area contributed by atoms with Crippen molar-refractivity contribution in [3.63, 3.8) is 0 Å². The standard InChI is InChI=1S/C27H22N6O/c28-26(34)22-10-9-21(19-3-1-2-4-20(19)22)23-12-31-33-14-17(11-30-27(23)33)16-5-7-18(8-6-16)32-15-24-25(32)13-29-24/h1-12,14,24-25,29H,13,15H2,(H2,28,34). The number of anilines is 1. The first-order chi connectivity index (χ1) is 16.7. The molecule has 2 aliphatic rings. The van der Waals surface area contributed by atoms with Crippen molar-refractivity contribution >= 4 is 28.0 Å². The predicted molar refractivity (Wildman–Crippen MR) is 133 cm³/mol. The van der Waals surface area contributed by atoms with Gasteiger partial charge in [0.15, 0.2) is 5.65 Å². The Hall–Kier alpha value is -4.23. The van der Waals surface area contributed by atoms with E-state index in [0.29, 0.717) is 17.6 Å². The first-order valence-electron chi connectivity index (χ1n) is 11.4. The predicted octanol–water partition coefficient (Wildman–Crippen LogP) is 3.48. The topological polar surface area (TPSA) is 88.5 Å². The molecule has 3 N–H and O–H groups in total. The second kappa shape index (κ2) is 7.13. The first-order valence-corrected chi connectivity index (χ1v) is 11.4. The lowest BCUT2D eigenvalue weighted by atomic mass is 9.88. The van der Waals surface area contributed by atoms with Crippen LogP contribution < -0.4 is 16.0 Å². The Kier molecular flexibility index (Phi) is 4.04. The van der Waals surface area contributed by atoms with Crippen LogP contribution in [-0.2, 0) is 0 Å². The maximum atomic E-state index is 11.9. The molecule has 7 nitrogen and oxygen atoms in total. The highest BCUT2D eigenvalue weighted by Crippen LogP contribution is 2.34. The molecule has 0 spiro atoms. The Labute approximate surface area is 195 Å². The van der Waals surface area contributed by atoms with Crippen LogP contribution in [-0.4, -0.2) is 45.7 Å². The first kappa shape index (κ1) is 19.3. The van der Waals surface area contributed by atoms with E-state index in [0.717, 1.165) is 51.8 Å². The number of nitrogens with two attached hydrogens (primary N) is 1. The summed E-state index contributed by atoms with van der Waals surface area (Å²) >= 11 is 0. The fraction of sp³-hybridized carbons (Fsp3) is 0.148. The molecule has 1 amide bonds. The summed E-state index contributed by atoms with van der Waals surface area (Å²) in [4.78, 5) is 19.1. The molecule has 2 aromatic heterocycles. The Morgan fingerprint density at radius 1 is 0.941 bits per heavy atom. The van der Waals surface area contributed by atoms with Gasteiger partial charge in [-0.2, -0.15) is 5.10 Å². The summed E-state index contributed by atoms with van der Waals surface area (Å²) in [7, 11) is 0. The molecule has 2 atom stereocenters. The number of hydrogen-bond donors (Lipinski definition) is 2. The normalized spacial score (nSPS) is 19.0. The minimum Gasteiger partial charge on any atom is -0.366 e. The van der Waals surface area contributed by atoms with Crippen molar-refractivity contribution in [2.24, 2.45) is 5.73 Å². The maximum absolute atomic E-state index is 11.9. The Morgan fingerprint density at radius 3 is 2.47 bits per heavy atom. The number of fused-ring (bicyclic) bond motifs is 3. The van der Waals surface area contributed by atoms with Gasteiger partial charge in [0, 0.05) is 53.9 Å². The monoisotopic (exact) mass is 446 g/mol. The second-order valence-electron chi connectivity index (χ2n) is 9.02. The lowest BCUT2D eigenvalue weighted by Gasteiger charge is -2.57. The number of piperazine rings is 1. The highest BCUT2D eigenvalue weighted by atomic mass is 16.1. The number of primary amides is 1. The van der Waals surface area contributed by atoms with E-state index < -0.39 is 5.91 Å². The largest absolute Gasteiger partial charge is 0.366 e. The van der Waals surface area contributed by atoms with Gasteiger partial charge in [-0.25, -0.2) is 9.50 Å². The van der Waals surface area contributed by atoms with E-state index in [9.17, 15) is 4.79 Å². The van der Waals surface area contributed by atoms with Gasteiger partial charge in [-0.05, 0) is 40.1 Å². The van der Waals surface area contributed by atoms with Gasteiger partial charge in [0.05, 0.1) is 12.2 Å². The number of rotatable bonds is 4. The van der Waals surface area contributed by atoms with E-state index in [1.807, 2.05) is 53.4 Å². The van der Waals surface area contributed by atoms with E-state index in [-0.39, 0.29) is 0 Å². The third-order valence-corrected chi connectivity index (χ3v) is 7.22. The van der Waals surface area contributed by atoms with Crippen LogP contribution in [0.25, 0.3) is 38.7 Å². The van der Waals surface area contributed by atoms with Crippen molar-refractivity contribution in [3.8, 4) is 22.3 Å². The number of carbonyl (C=O) groups excluding carboxylic acids is 1. The van der Waals surface area contributed by atoms with Gasteiger partial charge in [0.1, 0.15) is 0 Å². The second-order valence-corrected chi connectivity index (χ2v) is 9.02. The Balaban J connectivity index is 1.25. The zero-order chi connectivity index (χ0) is 22.8. The van der Waals surface area contributed by atoms with Gasteiger partial charge < -0.3 is 16.0 Å². The van der Waals surface area contributed by atoms with Crippen LogP contribution in [0.4, 0.5) is 5.69 Å². The van der Waals surface area contributed by atoms with E-state index in [4.69, 9.17) is 10.7 Å². The summed E-state index contributed by atoms with van der Waals surface area (Å²) < 4.78 is 1.81. The molecule has 2 aliphatic heterocycles. The maximum Gasteiger partial charge on any atom is 0.249 e. The molecule has 3 aromatic carbocycles. The molecule has 5 aromatic rings. The molecular formula is C27H22N6O. The average Bonchev–Trinajstić information content (AvgIpc) is 3.28. The third-order valence-electron chi connectivity index (χ3n) is 7.22. The SMILES string of the molecule is NC(=O)c1ccc(-c2cnn3cc(-c4ccc(N5CC6NCC65)cc4)cnc23)c2ccccc12. The smallest absolute Gasteiger partial charge is 0.249 e. The zero-order valence-corrected chi connectivity index (χ0v) is 18.3. The van der Waals surface area contributed by atoms with E-state index in [1.165, 1.54) is 5.69 Å². The average molecular weight is 447 g/mol. The van der Waals surface area contributed by atoms with Crippen molar-refractivity contribution in [1.82, 2.24) is 19.9 Å². The van der Waals surface area contributed by atoms with Gasteiger partial charge in [-0.15, -0.1) is 0 Å². The molecule has 0 saturated carbocycles. The van der Waals surface area contributed by atoms with Gasteiger partial charge >= 0.3 is 0 Å². The van der Waals surface area contributed by atoms with Crippen molar-refractivity contribution in [1.29, 1.82) is 0 Å². The Morgan fingerprint density at radius 2 is 1.76 bits per heavy atom. The molecule has 34 heavy (non-hydrogen) atoms. The highest BCUT2D eigenvalue weighted by Gasteiger charge is 2.45. The van der Waals surface area contributed by atoms with Crippen LogP contribution in [0.1, 0.15) is 10.4 Å². The molecule has 4 heterocycles. The summed E-state index contributed by atoms with van der Waals surface area (Å²) in [5, 5.41) is 9.81. The van der Waals surface area contributed by atoms with E-state index >= 15 is 0 Å². The molecule has 7 rings (SSSR count). The van der Waals surface area contributed by atoms with E-state index in [2.05, 4.69) is 39.6 Å². The molecule has 2 fully saturated rings. The molecular weight excluding hydrogens is 424 g/mol. The number of benzene rings is 3. The lowest BCUT2D eigenvalue weighted by molar-refractivity contribution is 0.100. The summed E-state index contributed by atoms with van der Waals surface area (Å²) in [5.74, 6) is -0.435. The Bertz CT molecular complexity index is 1590. The van der Waals surface area contributed by atoms with Crippen molar-refractivity contribution in [2.45, 2.75) is 12.1 Å². The molecule has 2 saturated heterocycles. The van der Waals surface area contributed by atoms with Crippen LogP contribution in [0.3, 0.4) is 0 Å². The number of hydrogen-bond acceptors (Lipinski definition) is 5. The number of amides is 1.